The Morgan fingerprint density at radius 1 is 1.06 bits per heavy atom. The molecule has 2 heterocycles. The summed E-state index contributed by atoms with van der Waals surface area (Å²) in [4.78, 5) is 38.1. The molecule has 0 atom stereocenters. The van der Waals surface area contributed by atoms with Crippen LogP contribution in [0.4, 0.5) is 18.0 Å². The van der Waals surface area contributed by atoms with Crippen LogP contribution in [0.5, 0.6) is 5.75 Å². The lowest BCUT2D eigenvalue weighted by Crippen LogP contribution is -2.50. The molecule has 2 aliphatic heterocycles. The summed E-state index contributed by atoms with van der Waals surface area (Å²) >= 11 is 0.985. The van der Waals surface area contributed by atoms with Crippen LogP contribution in [-0.4, -0.2) is 61.7 Å². The van der Waals surface area contributed by atoms with Crippen molar-refractivity contribution < 1.29 is 37.3 Å². The fourth-order valence-corrected chi connectivity index (χ4v) is 4.86. The van der Waals surface area contributed by atoms with Crippen molar-refractivity contribution >= 4 is 29.3 Å². The summed E-state index contributed by atoms with van der Waals surface area (Å²) in [5.41, 5.74) is 0.0713. The van der Waals surface area contributed by atoms with Crippen LogP contribution in [0.3, 0.4) is 0 Å². The van der Waals surface area contributed by atoms with Crippen LogP contribution in [0.1, 0.15) is 16.7 Å². The fourth-order valence-electron chi connectivity index (χ4n) is 3.84. The number of methoxy groups -OCH3 is 1. The fraction of sp³-hybridized carbons (Fsp3) is 0.333. The molecule has 2 amide bonds. The molecule has 0 spiro atoms. The van der Waals surface area contributed by atoms with E-state index >= 15 is 0 Å². The van der Waals surface area contributed by atoms with Crippen LogP contribution in [0.15, 0.2) is 52.8 Å². The Kier molecular flexibility index (Phi) is 7.27. The van der Waals surface area contributed by atoms with Crippen molar-refractivity contribution in [2.75, 3.05) is 39.9 Å². The molecular formula is C24H23F3N2O5S. The summed E-state index contributed by atoms with van der Waals surface area (Å²) < 4.78 is 46.5. The van der Waals surface area contributed by atoms with Crippen molar-refractivity contribution in [1.29, 1.82) is 0 Å². The number of nitrogens with zero attached hydrogens (tertiary/aromatic N) is 2. The van der Waals surface area contributed by atoms with Crippen molar-refractivity contribution in [3.05, 3.63) is 59.7 Å². The molecule has 0 unspecified atom stereocenters. The molecule has 2 aromatic carbocycles. The highest BCUT2D eigenvalue weighted by Gasteiger charge is 2.35. The van der Waals surface area contributed by atoms with Gasteiger partial charge >= 0.3 is 12.3 Å². The summed E-state index contributed by atoms with van der Waals surface area (Å²) in [6, 6.07) is 8.91. The zero-order chi connectivity index (χ0) is 25.2. The number of halogens is 3. The highest BCUT2D eigenvalue weighted by molar-refractivity contribution is 7.99. The standard InChI is InChI=1S/C24H23F3N2O5S/c1-15(22(30)28-8-10-29(11-9-28)23(31)32-2)16-3-6-21(19(14-16)24(25,26)27)35-18-4-5-20-17(13-18)7-12-33-34-20/h3-6,13-14H,1,7-12H2,2H3. The highest BCUT2D eigenvalue weighted by atomic mass is 32.2. The zero-order valence-corrected chi connectivity index (χ0v) is 19.7. The molecule has 11 heteroatoms. The van der Waals surface area contributed by atoms with Crippen molar-refractivity contribution in [3.8, 4) is 5.75 Å². The third-order valence-electron chi connectivity index (χ3n) is 5.75. The van der Waals surface area contributed by atoms with Gasteiger partial charge < -0.3 is 19.4 Å². The Bertz CT molecular complexity index is 1150. The number of ether oxygens (including phenoxy) is 1. The first-order valence-electron chi connectivity index (χ1n) is 10.8. The molecule has 0 bridgehead atoms. The average Bonchev–Trinajstić information content (AvgIpc) is 2.87. The second-order valence-electron chi connectivity index (χ2n) is 7.96. The van der Waals surface area contributed by atoms with Crippen molar-refractivity contribution in [2.45, 2.75) is 22.4 Å². The van der Waals surface area contributed by atoms with Gasteiger partial charge in [0.15, 0.2) is 5.75 Å². The number of carbonyl (C=O) groups is 2. The molecule has 0 aromatic heterocycles. The topological polar surface area (TPSA) is 68.3 Å². The summed E-state index contributed by atoms with van der Waals surface area (Å²) in [6.45, 7) is 5.15. The second-order valence-corrected chi connectivity index (χ2v) is 9.08. The van der Waals surface area contributed by atoms with Gasteiger partial charge in [0.05, 0.1) is 19.3 Å². The van der Waals surface area contributed by atoms with Gasteiger partial charge in [-0.05, 0) is 35.9 Å². The first kappa shape index (κ1) is 24.9. The number of hydrogen-bond acceptors (Lipinski definition) is 6. The minimum atomic E-state index is -4.63. The summed E-state index contributed by atoms with van der Waals surface area (Å²) in [5, 5.41) is 0. The Balaban J connectivity index is 1.52. The monoisotopic (exact) mass is 508 g/mol. The zero-order valence-electron chi connectivity index (χ0n) is 18.9. The first-order chi connectivity index (χ1) is 16.7. The van der Waals surface area contributed by atoms with E-state index in [0.29, 0.717) is 23.7 Å². The molecule has 4 rings (SSSR count). The van der Waals surface area contributed by atoms with E-state index in [2.05, 4.69) is 11.3 Å². The number of amides is 2. The minimum absolute atomic E-state index is 0.0149. The van der Waals surface area contributed by atoms with E-state index < -0.39 is 23.7 Å². The van der Waals surface area contributed by atoms with Gasteiger partial charge in [-0.1, -0.05) is 24.4 Å². The molecule has 0 saturated carbocycles. The molecule has 35 heavy (non-hydrogen) atoms. The Morgan fingerprint density at radius 2 is 1.77 bits per heavy atom. The highest BCUT2D eigenvalue weighted by Crippen LogP contribution is 2.42. The summed E-state index contributed by atoms with van der Waals surface area (Å²) in [6.07, 6.45) is -4.51. The van der Waals surface area contributed by atoms with Crippen LogP contribution in [-0.2, 0) is 27.0 Å². The van der Waals surface area contributed by atoms with Gasteiger partial charge in [0.1, 0.15) is 0 Å². The number of fused-ring (bicyclic) bond motifs is 1. The lowest BCUT2D eigenvalue weighted by atomic mass is 10.0. The Labute approximate surface area is 204 Å². The van der Waals surface area contributed by atoms with E-state index in [1.807, 2.05) is 0 Å². The molecule has 1 fully saturated rings. The quantitative estimate of drug-likeness (QED) is 0.443. The number of hydrogen-bond donors (Lipinski definition) is 0. The normalized spacial score (nSPS) is 15.8. The van der Waals surface area contributed by atoms with Crippen LogP contribution in [0.25, 0.3) is 5.57 Å². The average molecular weight is 509 g/mol. The molecule has 186 valence electrons. The smallest absolute Gasteiger partial charge is 0.417 e. The predicted molar refractivity (Wildman–Crippen MR) is 122 cm³/mol. The maximum Gasteiger partial charge on any atom is 0.417 e. The number of carbonyl (C=O) groups excluding carboxylic acids is 2. The largest absolute Gasteiger partial charge is 0.453 e. The number of benzene rings is 2. The van der Waals surface area contributed by atoms with Gasteiger partial charge in [-0.25, -0.2) is 4.79 Å². The van der Waals surface area contributed by atoms with Crippen LogP contribution < -0.4 is 4.89 Å². The van der Waals surface area contributed by atoms with Gasteiger partial charge in [0.25, 0.3) is 5.91 Å². The van der Waals surface area contributed by atoms with E-state index in [1.54, 1.807) is 18.2 Å². The lowest BCUT2D eigenvalue weighted by molar-refractivity contribution is -0.215. The van der Waals surface area contributed by atoms with Crippen LogP contribution in [0.2, 0.25) is 0 Å². The van der Waals surface area contributed by atoms with Crippen LogP contribution in [0, 0.1) is 0 Å². The summed E-state index contributed by atoms with van der Waals surface area (Å²) in [7, 11) is 1.27. The van der Waals surface area contributed by atoms with E-state index in [9.17, 15) is 22.8 Å². The van der Waals surface area contributed by atoms with Gasteiger partial charge in [0.2, 0.25) is 0 Å². The van der Waals surface area contributed by atoms with Crippen molar-refractivity contribution in [3.63, 3.8) is 0 Å². The van der Waals surface area contributed by atoms with Crippen LogP contribution >= 0.6 is 11.8 Å². The Morgan fingerprint density at radius 3 is 2.46 bits per heavy atom. The molecule has 7 nitrogen and oxygen atoms in total. The molecule has 0 radical (unpaired) electrons. The molecule has 1 saturated heterocycles. The van der Waals surface area contributed by atoms with E-state index in [4.69, 9.17) is 9.78 Å². The molecule has 0 N–H and O–H groups in total. The molecule has 2 aromatic rings. The lowest BCUT2D eigenvalue weighted by Gasteiger charge is -2.34. The van der Waals surface area contributed by atoms with Gasteiger partial charge in [0, 0.05) is 53.5 Å². The van der Waals surface area contributed by atoms with Gasteiger partial charge in [-0.15, -0.1) is 0 Å². The van der Waals surface area contributed by atoms with Gasteiger partial charge in [-0.3, -0.25) is 4.79 Å². The SMILES string of the molecule is C=C(C(=O)N1CCN(C(=O)OC)CC1)c1ccc(Sc2ccc3c(c2)CCOO3)c(C(F)(F)F)c1. The second kappa shape index (κ2) is 10.2. The van der Waals surface area contributed by atoms with E-state index in [1.165, 1.54) is 29.0 Å². The Hall–Kier alpha value is -3.18. The van der Waals surface area contributed by atoms with Crippen molar-refractivity contribution in [2.24, 2.45) is 0 Å². The predicted octanol–water partition coefficient (Wildman–Crippen LogP) is 4.65. The van der Waals surface area contributed by atoms with Gasteiger partial charge in [-0.2, -0.15) is 18.1 Å². The maximum absolute atomic E-state index is 14.0. The first-order valence-corrected chi connectivity index (χ1v) is 11.6. The summed E-state index contributed by atoms with van der Waals surface area (Å²) in [5.74, 6) is 0.0779. The number of piperazine rings is 1. The number of rotatable bonds is 4. The molecular weight excluding hydrogens is 485 g/mol. The van der Waals surface area contributed by atoms with Crippen molar-refractivity contribution in [1.82, 2.24) is 9.80 Å². The number of alkyl halides is 3. The van der Waals surface area contributed by atoms with E-state index in [0.717, 1.165) is 23.4 Å². The third kappa shape index (κ3) is 5.57. The molecule has 2 aliphatic rings. The van der Waals surface area contributed by atoms with E-state index in [-0.39, 0.29) is 42.2 Å². The maximum atomic E-state index is 14.0. The third-order valence-corrected chi connectivity index (χ3v) is 6.82. The minimum Gasteiger partial charge on any atom is -0.453 e. The molecule has 0 aliphatic carbocycles.